The highest BCUT2D eigenvalue weighted by Gasteiger charge is 2.46. The zero-order valence-electron chi connectivity index (χ0n) is 11.9. The molecule has 1 N–H and O–H groups in total. The fourth-order valence-corrected chi connectivity index (χ4v) is 3.13. The van der Waals surface area contributed by atoms with Crippen LogP contribution in [-0.4, -0.2) is 56.9 Å². The summed E-state index contributed by atoms with van der Waals surface area (Å²) in [4.78, 5) is 54.4. The predicted octanol–water partition coefficient (Wildman–Crippen LogP) is -0.374. The Morgan fingerprint density at radius 1 is 1.09 bits per heavy atom. The van der Waals surface area contributed by atoms with Gasteiger partial charge in [0.25, 0.3) is 10.2 Å². The first-order valence-electron chi connectivity index (χ1n) is 6.95. The molecule has 1 unspecified atom stereocenters. The van der Waals surface area contributed by atoms with Crippen LogP contribution in [-0.2, 0) is 19.3 Å². The van der Waals surface area contributed by atoms with Gasteiger partial charge in [-0.05, 0) is 25.7 Å². The Hall–Kier alpha value is -2.66. The third kappa shape index (κ3) is 3.76. The summed E-state index contributed by atoms with van der Waals surface area (Å²) in [5.41, 5.74) is 0. The smallest absolute Gasteiger partial charge is 0.326 e. The molecule has 1 saturated carbocycles. The molecule has 1 heterocycles. The highest BCUT2D eigenvalue weighted by molar-refractivity contribution is 5.86. The summed E-state index contributed by atoms with van der Waals surface area (Å²) in [6.07, 6.45) is -1.88. The van der Waals surface area contributed by atoms with E-state index >= 15 is 0 Å². The van der Waals surface area contributed by atoms with Gasteiger partial charge in [-0.1, -0.05) is 0 Å². The van der Waals surface area contributed by atoms with E-state index in [4.69, 9.17) is 5.11 Å². The van der Waals surface area contributed by atoms with E-state index in [2.05, 4.69) is 9.68 Å². The van der Waals surface area contributed by atoms with Gasteiger partial charge in [0.15, 0.2) is 0 Å². The standard InChI is InChI=1S/C11H15N3O9/c15-10(12-3-1-2-7(12)11(16)17)6-4-8(22-13(18)19)9(5-6)23-14(20)21/h6-9H,1-5H2,(H,16,17)/t6?,7-,8-,9+/m1/s1. The normalized spacial score (nSPS) is 30.0. The number of hydrogen-bond donors (Lipinski definition) is 1. The molecule has 0 aromatic rings. The lowest BCUT2D eigenvalue weighted by atomic mass is 10.1. The van der Waals surface area contributed by atoms with Crippen LogP contribution >= 0.6 is 0 Å². The third-order valence-electron chi connectivity index (χ3n) is 4.06. The number of nitrogens with zero attached hydrogens (tertiary/aromatic N) is 3. The number of carboxylic acids is 1. The van der Waals surface area contributed by atoms with Crippen LogP contribution in [0.4, 0.5) is 0 Å². The maximum Gasteiger partial charge on any atom is 0.326 e. The van der Waals surface area contributed by atoms with E-state index in [-0.39, 0.29) is 19.4 Å². The number of hydrogen-bond acceptors (Lipinski definition) is 8. The number of carboxylic acid groups (broad SMARTS) is 1. The second-order valence-corrected chi connectivity index (χ2v) is 5.43. The van der Waals surface area contributed by atoms with Crippen molar-refractivity contribution in [3.63, 3.8) is 0 Å². The zero-order chi connectivity index (χ0) is 17.1. The molecule has 2 aliphatic rings. The number of amides is 1. The Labute approximate surface area is 129 Å². The van der Waals surface area contributed by atoms with E-state index in [0.29, 0.717) is 12.8 Å². The van der Waals surface area contributed by atoms with Crippen molar-refractivity contribution in [2.75, 3.05) is 6.54 Å². The Bertz CT molecular complexity index is 501. The molecule has 23 heavy (non-hydrogen) atoms. The largest absolute Gasteiger partial charge is 0.480 e. The van der Waals surface area contributed by atoms with Crippen molar-refractivity contribution in [2.45, 2.75) is 43.9 Å². The van der Waals surface area contributed by atoms with Crippen LogP contribution in [0.3, 0.4) is 0 Å². The van der Waals surface area contributed by atoms with Gasteiger partial charge in [-0.15, -0.1) is 20.2 Å². The van der Waals surface area contributed by atoms with E-state index in [9.17, 15) is 29.8 Å². The highest BCUT2D eigenvalue weighted by Crippen LogP contribution is 2.34. The van der Waals surface area contributed by atoms with Crippen molar-refractivity contribution in [3.05, 3.63) is 20.2 Å². The summed E-state index contributed by atoms with van der Waals surface area (Å²) in [6, 6.07) is -0.937. The minimum atomic E-state index is -1.24. The molecule has 12 heteroatoms. The van der Waals surface area contributed by atoms with Crippen molar-refractivity contribution in [1.82, 2.24) is 4.90 Å². The Kier molecular flexibility index (Phi) is 4.81. The van der Waals surface area contributed by atoms with E-state index in [0.717, 1.165) is 0 Å². The maximum absolute atomic E-state index is 12.4. The van der Waals surface area contributed by atoms with E-state index < -0.39 is 46.2 Å². The Morgan fingerprint density at radius 3 is 2.04 bits per heavy atom. The lowest BCUT2D eigenvalue weighted by Crippen LogP contribution is -2.43. The molecule has 0 bridgehead atoms. The number of carbonyl (C=O) groups is 2. The predicted molar refractivity (Wildman–Crippen MR) is 68.8 cm³/mol. The van der Waals surface area contributed by atoms with Crippen LogP contribution < -0.4 is 0 Å². The Morgan fingerprint density at radius 2 is 1.61 bits per heavy atom. The van der Waals surface area contributed by atoms with Crippen LogP contribution in [0.1, 0.15) is 25.7 Å². The van der Waals surface area contributed by atoms with Crippen LogP contribution in [0.25, 0.3) is 0 Å². The molecule has 1 aliphatic carbocycles. The van der Waals surface area contributed by atoms with Crippen molar-refractivity contribution in [2.24, 2.45) is 5.92 Å². The van der Waals surface area contributed by atoms with Gasteiger partial charge in [-0.2, -0.15) is 0 Å². The molecule has 0 aromatic heterocycles. The molecule has 128 valence electrons. The summed E-state index contributed by atoms with van der Waals surface area (Å²) < 4.78 is 0. The molecular weight excluding hydrogens is 318 g/mol. The van der Waals surface area contributed by atoms with Crippen LogP contribution in [0.15, 0.2) is 0 Å². The number of likely N-dealkylation sites (tertiary alicyclic amines) is 1. The van der Waals surface area contributed by atoms with Gasteiger partial charge in [0, 0.05) is 12.5 Å². The quantitative estimate of drug-likeness (QED) is 0.504. The average Bonchev–Trinajstić information content (AvgIpc) is 3.04. The van der Waals surface area contributed by atoms with Gasteiger partial charge in [0.05, 0.1) is 0 Å². The lowest BCUT2D eigenvalue weighted by Gasteiger charge is -2.24. The number of rotatable bonds is 6. The summed E-state index contributed by atoms with van der Waals surface area (Å²) in [7, 11) is 0. The fourth-order valence-electron chi connectivity index (χ4n) is 3.13. The molecule has 2 fully saturated rings. The molecule has 4 atom stereocenters. The van der Waals surface area contributed by atoms with Gasteiger partial charge in [0.2, 0.25) is 5.91 Å². The van der Waals surface area contributed by atoms with Crippen LogP contribution in [0.5, 0.6) is 0 Å². The molecular formula is C11H15N3O9. The topological polar surface area (TPSA) is 162 Å². The van der Waals surface area contributed by atoms with Crippen molar-refractivity contribution >= 4 is 11.9 Å². The molecule has 2 rings (SSSR count). The molecule has 12 nitrogen and oxygen atoms in total. The first-order valence-corrected chi connectivity index (χ1v) is 6.95. The molecule has 0 radical (unpaired) electrons. The zero-order valence-corrected chi connectivity index (χ0v) is 11.9. The van der Waals surface area contributed by atoms with Gasteiger partial charge < -0.3 is 19.7 Å². The molecule has 1 amide bonds. The monoisotopic (exact) mass is 333 g/mol. The second-order valence-electron chi connectivity index (χ2n) is 5.43. The molecule has 1 saturated heterocycles. The SMILES string of the molecule is O=C(O)[C@H]1CCCN1C(=O)C1C[C@H](O[N+](=O)[O-])[C@H](O[N+](=O)[O-])C1. The summed E-state index contributed by atoms with van der Waals surface area (Å²) in [6.45, 7) is 0.272. The van der Waals surface area contributed by atoms with E-state index in [1.807, 2.05) is 0 Å². The summed E-state index contributed by atoms with van der Waals surface area (Å²) in [5.74, 6) is -2.43. The fraction of sp³-hybridized carbons (Fsp3) is 0.818. The molecule has 1 aliphatic heterocycles. The van der Waals surface area contributed by atoms with Gasteiger partial charge in [-0.25, -0.2) is 4.79 Å². The van der Waals surface area contributed by atoms with Crippen LogP contribution in [0.2, 0.25) is 0 Å². The first kappa shape index (κ1) is 16.7. The van der Waals surface area contributed by atoms with E-state index in [1.54, 1.807) is 0 Å². The van der Waals surface area contributed by atoms with Crippen molar-refractivity contribution < 1.29 is 34.5 Å². The third-order valence-corrected chi connectivity index (χ3v) is 4.06. The first-order chi connectivity index (χ1) is 10.8. The van der Waals surface area contributed by atoms with Crippen molar-refractivity contribution in [3.8, 4) is 0 Å². The lowest BCUT2D eigenvalue weighted by molar-refractivity contribution is -0.797. The summed E-state index contributed by atoms with van der Waals surface area (Å²) in [5, 5.41) is 27.8. The Balaban J connectivity index is 2.07. The van der Waals surface area contributed by atoms with Gasteiger partial charge in [-0.3, -0.25) is 4.79 Å². The minimum absolute atomic E-state index is 0.138. The van der Waals surface area contributed by atoms with Crippen molar-refractivity contribution in [1.29, 1.82) is 0 Å². The van der Waals surface area contributed by atoms with Gasteiger partial charge in [0.1, 0.15) is 18.2 Å². The van der Waals surface area contributed by atoms with Crippen LogP contribution in [0, 0.1) is 26.1 Å². The van der Waals surface area contributed by atoms with Gasteiger partial charge >= 0.3 is 5.97 Å². The highest BCUT2D eigenvalue weighted by atomic mass is 17.0. The second kappa shape index (κ2) is 6.62. The van der Waals surface area contributed by atoms with E-state index in [1.165, 1.54) is 4.90 Å². The number of aliphatic carboxylic acids is 1. The average molecular weight is 333 g/mol. The maximum atomic E-state index is 12.4. The molecule has 0 spiro atoms. The minimum Gasteiger partial charge on any atom is -0.480 e. The summed E-state index contributed by atoms with van der Waals surface area (Å²) >= 11 is 0. The molecule has 0 aromatic carbocycles. The number of carbonyl (C=O) groups excluding carboxylic acids is 1.